The van der Waals surface area contributed by atoms with Crippen LogP contribution in [0.4, 0.5) is 11.4 Å². The molecule has 38 heavy (non-hydrogen) atoms. The number of benzene rings is 3. The number of hydrogen-bond donors (Lipinski definition) is 2. The van der Waals surface area contributed by atoms with Gasteiger partial charge in [0, 0.05) is 11.4 Å². The molecular formula is C29H28ClN3O5. The molecule has 3 aromatic rings. The van der Waals surface area contributed by atoms with E-state index in [0.29, 0.717) is 29.3 Å². The summed E-state index contributed by atoms with van der Waals surface area (Å²) in [7, 11) is 1.54. The second-order valence-electron chi connectivity index (χ2n) is 8.25. The van der Waals surface area contributed by atoms with E-state index in [-0.39, 0.29) is 34.6 Å². The third kappa shape index (κ3) is 7.51. The maximum Gasteiger partial charge on any atom is 0.266 e. The van der Waals surface area contributed by atoms with Crippen molar-refractivity contribution in [1.29, 1.82) is 5.26 Å². The Labute approximate surface area is 226 Å². The van der Waals surface area contributed by atoms with Crippen molar-refractivity contribution in [1.82, 2.24) is 0 Å². The number of aryl methyl sites for hydroxylation is 2. The van der Waals surface area contributed by atoms with Gasteiger partial charge in [-0.25, -0.2) is 0 Å². The maximum absolute atomic E-state index is 12.7. The van der Waals surface area contributed by atoms with Gasteiger partial charge < -0.3 is 24.8 Å². The molecule has 3 rings (SSSR count). The minimum Gasteiger partial charge on any atom is -0.497 e. The number of nitrogens with zero attached hydrogens (tertiary/aromatic N) is 1. The van der Waals surface area contributed by atoms with E-state index in [1.807, 2.05) is 38.1 Å². The lowest BCUT2D eigenvalue weighted by molar-refractivity contribution is -0.118. The minimum atomic E-state index is -0.588. The second-order valence-corrected chi connectivity index (χ2v) is 8.66. The van der Waals surface area contributed by atoms with Gasteiger partial charge in [0.05, 0.1) is 18.7 Å². The highest BCUT2D eigenvalue weighted by Crippen LogP contribution is 2.37. The van der Waals surface area contributed by atoms with Gasteiger partial charge in [-0.2, -0.15) is 5.26 Å². The zero-order chi connectivity index (χ0) is 27.7. The number of ether oxygens (including phenoxy) is 3. The molecule has 0 aliphatic carbocycles. The average Bonchev–Trinajstić information content (AvgIpc) is 2.89. The first-order valence-electron chi connectivity index (χ1n) is 11.8. The standard InChI is InChI=1S/C29H28ClN3O5/c1-5-37-26-15-20(13-21(16-31)29(35)33-22-8-10-24(36-4)11-9-22)14-25(30)28(26)38-17-27(34)32-23-7-6-18(2)19(3)12-23/h6-15H,5,17H2,1-4H3,(H,32,34)(H,33,35)/b21-13-. The number of carbonyl (C=O) groups excluding carboxylic acids is 2. The molecule has 2 amide bonds. The van der Waals surface area contributed by atoms with E-state index in [9.17, 15) is 14.9 Å². The summed E-state index contributed by atoms with van der Waals surface area (Å²) in [6.07, 6.45) is 1.39. The van der Waals surface area contributed by atoms with Crippen LogP contribution in [0.25, 0.3) is 6.08 Å². The van der Waals surface area contributed by atoms with Crippen LogP contribution in [0.3, 0.4) is 0 Å². The molecule has 0 aliphatic heterocycles. The predicted molar refractivity (Wildman–Crippen MR) is 148 cm³/mol. The Hall–Kier alpha value is -4.48. The smallest absolute Gasteiger partial charge is 0.266 e. The molecule has 0 saturated heterocycles. The number of halogens is 1. The summed E-state index contributed by atoms with van der Waals surface area (Å²) in [5.41, 5.74) is 3.67. The first-order chi connectivity index (χ1) is 18.2. The van der Waals surface area contributed by atoms with Crippen LogP contribution in [-0.4, -0.2) is 32.1 Å². The van der Waals surface area contributed by atoms with Gasteiger partial charge in [-0.1, -0.05) is 17.7 Å². The number of nitrogens with one attached hydrogen (secondary N) is 2. The van der Waals surface area contributed by atoms with Gasteiger partial charge in [0.25, 0.3) is 11.8 Å². The summed E-state index contributed by atoms with van der Waals surface area (Å²) in [6.45, 7) is 5.75. The molecule has 9 heteroatoms. The Balaban J connectivity index is 1.75. The van der Waals surface area contributed by atoms with Crippen LogP contribution < -0.4 is 24.8 Å². The maximum atomic E-state index is 12.7. The molecule has 0 bridgehead atoms. The highest BCUT2D eigenvalue weighted by Gasteiger charge is 2.16. The van der Waals surface area contributed by atoms with E-state index in [1.54, 1.807) is 44.4 Å². The van der Waals surface area contributed by atoms with Gasteiger partial charge in [-0.15, -0.1) is 0 Å². The summed E-state index contributed by atoms with van der Waals surface area (Å²) >= 11 is 6.46. The molecule has 0 spiro atoms. The third-order valence-corrected chi connectivity index (χ3v) is 5.77. The Kier molecular flexibility index (Phi) is 9.74. The van der Waals surface area contributed by atoms with E-state index < -0.39 is 5.91 Å². The Bertz CT molecular complexity index is 1390. The molecule has 196 valence electrons. The van der Waals surface area contributed by atoms with E-state index in [0.717, 1.165) is 11.1 Å². The van der Waals surface area contributed by atoms with Crippen molar-refractivity contribution in [2.24, 2.45) is 0 Å². The molecule has 0 radical (unpaired) electrons. The second kappa shape index (κ2) is 13.2. The van der Waals surface area contributed by atoms with Gasteiger partial charge in [0.2, 0.25) is 0 Å². The van der Waals surface area contributed by atoms with E-state index >= 15 is 0 Å². The summed E-state index contributed by atoms with van der Waals surface area (Å²) in [5.74, 6) is 0.148. The van der Waals surface area contributed by atoms with Crippen LogP contribution in [0.2, 0.25) is 5.02 Å². The number of methoxy groups -OCH3 is 1. The van der Waals surface area contributed by atoms with E-state index in [2.05, 4.69) is 10.6 Å². The first kappa shape index (κ1) is 28.1. The van der Waals surface area contributed by atoms with Crippen LogP contribution in [0.15, 0.2) is 60.2 Å². The molecular weight excluding hydrogens is 506 g/mol. The average molecular weight is 534 g/mol. The van der Waals surface area contributed by atoms with Crippen LogP contribution in [0, 0.1) is 25.2 Å². The third-order valence-electron chi connectivity index (χ3n) is 5.49. The van der Waals surface area contributed by atoms with Crippen LogP contribution in [0.5, 0.6) is 17.2 Å². The summed E-state index contributed by atoms with van der Waals surface area (Å²) in [6, 6.07) is 17.4. The molecule has 0 fully saturated rings. The highest BCUT2D eigenvalue weighted by atomic mass is 35.5. The van der Waals surface area contributed by atoms with Gasteiger partial charge in [0.1, 0.15) is 17.4 Å². The van der Waals surface area contributed by atoms with Crippen molar-refractivity contribution < 1.29 is 23.8 Å². The topological polar surface area (TPSA) is 110 Å². The van der Waals surface area contributed by atoms with Crippen molar-refractivity contribution >= 4 is 40.9 Å². The Morgan fingerprint density at radius 2 is 1.68 bits per heavy atom. The fourth-order valence-corrected chi connectivity index (χ4v) is 3.69. The highest BCUT2D eigenvalue weighted by molar-refractivity contribution is 6.32. The lowest BCUT2D eigenvalue weighted by Crippen LogP contribution is -2.20. The molecule has 0 saturated carbocycles. The largest absolute Gasteiger partial charge is 0.497 e. The van der Waals surface area contributed by atoms with Crippen LogP contribution in [-0.2, 0) is 9.59 Å². The van der Waals surface area contributed by atoms with Gasteiger partial charge in [-0.3, -0.25) is 9.59 Å². The summed E-state index contributed by atoms with van der Waals surface area (Å²) < 4.78 is 16.5. The molecule has 3 aromatic carbocycles. The van der Waals surface area contributed by atoms with Crippen molar-refractivity contribution in [3.63, 3.8) is 0 Å². The molecule has 0 unspecified atom stereocenters. The number of amides is 2. The molecule has 2 N–H and O–H groups in total. The quantitative estimate of drug-likeness (QED) is 0.247. The summed E-state index contributed by atoms with van der Waals surface area (Å²) in [5, 5.41) is 15.2. The molecule has 8 nitrogen and oxygen atoms in total. The lowest BCUT2D eigenvalue weighted by Gasteiger charge is -2.15. The fourth-order valence-electron chi connectivity index (χ4n) is 3.42. The zero-order valence-corrected chi connectivity index (χ0v) is 22.3. The zero-order valence-electron chi connectivity index (χ0n) is 21.6. The van der Waals surface area contributed by atoms with Gasteiger partial charge >= 0.3 is 0 Å². The number of rotatable bonds is 10. The number of nitriles is 1. The van der Waals surface area contributed by atoms with Crippen molar-refractivity contribution in [2.75, 3.05) is 31.0 Å². The molecule has 0 atom stereocenters. The monoisotopic (exact) mass is 533 g/mol. The van der Waals surface area contributed by atoms with Gasteiger partial charge in [0.15, 0.2) is 18.1 Å². The van der Waals surface area contributed by atoms with E-state index in [4.69, 9.17) is 25.8 Å². The molecule has 0 aromatic heterocycles. The summed E-state index contributed by atoms with van der Waals surface area (Å²) in [4.78, 5) is 25.1. The van der Waals surface area contributed by atoms with Crippen molar-refractivity contribution in [3.8, 4) is 23.3 Å². The Morgan fingerprint density at radius 3 is 2.32 bits per heavy atom. The van der Waals surface area contributed by atoms with Gasteiger partial charge in [-0.05, 0) is 92.1 Å². The SMILES string of the molecule is CCOc1cc(/C=C(/C#N)C(=O)Nc2ccc(OC)cc2)cc(Cl)c1OCC(=O)Nc1ccc(C)c(C)c1. The van der Waals surface area contributed by atoms with Crippen molar-refractivity contribution in [3.05, 3.63) is 81.9 Å². The number of carbonyl (C=O) groups is 2. The number of hydrogen-bond acceptors (Lipinski definition) is 6. The predicted octanol–water partition coefficient (Wildman–Crippen LogP) is 5.93. The lowest BCUT2D eigenvalue weighted by atomic mass is 10.1. The normalized spacial score (nSPS) is 10.8. The first-order valence-corrected chi connectivity index (χ1v) is 12.1. The number of anilines is 2. The minimum absolute atomic E-state index is 0.138. The van der Waals surface area contributed by atoms with Crippen LogP contribution >= 0.6 is 11.6 Å². The Morgan fingerprint density at radius 1 is 0.974 bits per heavy atom. The van der Waals surface area contributed by atoms with Crippen molar-refractivity contribution in [2.45, 2.75) is 20.8 Å². The molecule has 0 aliphatic rings. The van der Waals surface area contributed by atoms with E-state index in [1.165, 1.54) is 12.1 Å². The fraction of sp³-hybridized carbons (Fsp3) is 0.207. The van der Waals surface area contributed by atoms with Crippen LogP contribution in [0.1, 0.15) is 23.6 Å². The molecule has 0 heterocycles.